The number of halogens is 3. The minimum Gasteiger partial charge on any atom is -0.452 e. The zero-order chi connectivity index (χ0) is 19.5. The Balaban J connectivity index is 1.94. The number of aryl methyl sites for hydroxylation is 1. The van der Waals surface area contributed by atoms with Crippen molar-refractivity contribution in [3.8, 4) is 0 Å². The van der Waals surface area contributed by atoms with Crippen LogP contribution >= 0.6 is 0 Å². The van der Waals surface area contributed by atoms with Crippen molar-refractivity contribution in [2.24, 2.45) is 0 Å². The van der Waals surface area contributed by atoms with Gasteiger partial charge in [0.1, 0.15) is 5.69 Å². The molecule has 2 aromatic rings. The fourth-order valence-electron chi connectivity index (χ4n) is 1.94. The lowest BCUT2D eigenvalue weighted by Gasteiger charge is -2.09. The van der Waals surface area contributed by atoms with Crippen LogP contribution in [0.4, 0.5) is 19.1 Å². The Hall–Kier alpha value is -2.91. The summed E-state index contributed by atoms with van der Waals surface area (Å²) in [6.45, 7) is 4.39. The summed E-state index contributed by atoms with van der Waals surface area (Å²) >= 11 is 0. The Bertz CT molecular complexity index is 815. The first-order valence-electron chi connectivity index (χ1n) is 7.56. The van der Waals surface area contributed by atoms with Crippen molar-refractivity contribution >= 4 is 17.8 Å². The van der Waals surface area contributed by atoms with Crippen molar-refractivity contribution < 1.29 is 32.0 Å². The fraction of sp³-hybridized carbons (Fsp3) is 0.375. The molecule has 0 bridgehead atoms. The monoisotopic (exact) mass is 371 g/mol. The molecule has 0 aliphatic heterocycles. The lowest BCUT2D eigenvalue weighted by molar-refractivity contribution is -0.141. The van der Waals surface area contributed by atoms with Crippen LogP contribution < -0.4 is 5.32 Å². The smallest absolute Gasteiger partial charge is 0.433 e. The maximum atomic E-state index is 12.6. The summed E-state index contributed by atoms with van der Waals surface area (Å²) in [6, 6.07) is 3.16. The third kappa shape index (κ3) is 4.80. The van der Waals surface area contributed by atoms with E-state index in [0.29, 0.717) is 11.8 Å². The molecule has 0 radical (unpaired) electrons. The Morgan fingerprint density at radius 3 is 2.54 bits per heavy atom. The highest BCUT2D eigenvalue weighted by Crippen LogP contribution is 2.28. The molecule has 0 aliphatic rings. The van der Waals surface area contributed by atoms with Gasteiger partial charge in [-0.3, -0.25) is 10.1 Å². The molecule has 0 atom stereocenters. The van der Waals surface area contributed by atoms with E-state index in [1.54, 1.807) is 0 Å². The summed E-state index contributed by atoms with van der Waals surface area (Å²) < 4.78 is 47.4. The van der Waals surface area contributed by atoms with E-state index < -0.39 is 30.4 Å². The molecular weight excluding hydrogens is 355 g/mol. The van der Waals surface area contributed by atoms with Crippen molar-refractivity contribution in [1.82, 2.24) is 10.1 Å². The van der Waals surface area contributed by atoms with Crippen LogP contribution in [0, 0.1) is 6.92 Å². The zero-order valence-corrected chi connectivity index (χ0v) is 14.2. The highest BCUT2D eigenvalue weighted by Gasteiger charge is 2.33. The molecule has 26 heavy (non-hydrogen) atoms. The third-order valence-corrected chi connectivity index (χ3v) is 3.31. The van der Waals surface area contributed by atoms with Gasteiger partial charge in [0, 0.05) is 6.07 Å². The molecular formula is C16H16F3N3O4. The van der Waals surface area contributed by atoms with E-state index in [-0.39, 0.29) is 23.1 Å². The van der Waals surface area contributed by atoms with Gasteiger partial charge in [-0.2, -0.15) is 13.2 Å². The van der Waals surface area contributed by atoms with E-state index in [0.717, 1.165) is 6.07 Å². The standard InChI is InChI=1S/C16H16F3N3O4/c1-8(2)11-6-14(26-22-11)21-13(23)7-25-15(24)10-4-5-12(16(17,18)19)20-9(10)3/h4-6,8H,7H2,1-3H3,(H,21,23). The summed E-state index contributed by atoms with van der Waals surface area (Å²) in [5.74, 6) is -1.43. The summed E-state index contributed by atoms with van der Waals surface area (Å²) in [6.07, 6.45) is -4.61. The molecule has 0 fully saturated rings. The molecule has 0 aromatic carbocycles. The maximum Gasteiger partial charge on any atom is 0.433 e. The molecule has 2 aromatic heterocycles. The number of anilines is 1. The molecule has 2 rings (SSSR count). The van der Waals surface area contributed by atoms with Gasteiger partial charge >= 0.3 is 12.1 Å². The number of hydrogen-bond donors (Lipinski definition) is 1. The molecule has 2 heterocycles. The van der Waals surface area contributed by atoms with Crippen LogP contribution in [0.25, 0.3) is 0 Å². The zero-order valence-electron chi connectivity index (χ0n) is 14.2. The lowest BCUT2D eigenvalue weighted by atomic mass is 10.1. The van der Waals surface area contributed by atoms with Gasteiger partial charge in [-0.05, 0) is 25.0 Å². The summed E-state index contributed by atoms with van der Waals surface area (Å²) in [7, 11) is 0. The largest absolute Gasteiger partial charge is 0.452 e. The second-order valence-corrected chi connectivity index (χ2v) is 5.72. The topological polar surface area (TPSA) is 94.3 Å². The number of ether oxygens (including phenoxy) is 1. The number of nitrogens with one attached hydrogen (secondary N) is 1. The van der Waals surface area contributed by atoms with Crippen LogP contribution in [0.1, 0.15) is 47.2 Å². The average Bonchev–Trinajstić information content (AvgIpc) is 3.00. The Kier molecular flexibility index (Phi) is 5.63. The number of rotatable bonds is 5. The number of aromatic nitrogens is 2. The van der Waals surface area contributed by atoms with Crippen molar-refractivity contribution in [3.05, 3.63) is 40.8 Å². The fourth-order valence-corrected chi connectivity index (χ4v) is 1.94. The SMILES string of the molecule is Cc1nc(C(F)(F)F)ccc1C(=O)OCC(=O)Nc1cc(C(C)C)no1. The summed E-state index contributed by atoms with van der Waals surface area (Å²) in [5.41, 5.74) is -0.783. The third-order valence-electron chi connectivity index (χ3n) is 3.31. The highest BCUT2D eigenvalue weighted by atomic mass is 19.4. The second-order valence-electron chi connectivity index (χ2n) is 5.72. The molecule has 0 spiro atoms. The number of amides is 1. The van der Waals surface area contributed by atoms with Crippen LogP contribution in [0.3, 0.4) is 0 Å². The molecule has 140 valence electrons. The Labute approximate surface area is 146 Å². The number of nitrogens with zero attached hydrogens (tertiary/aromatic N) is 2. The number of pyridine rings is 1. The maximum absolute atomic E-state index is 12.6. The van der Waals surface area contributed by atoms with E-state index in [1.165, 1.54) is 13.0 Å². The van der Waals surface area contributed by atoms with Gasteiger partial charge < -0.3 is 9.26 Å². The number of alkyl halides is 3. The van der Waals surface area contributed by atoms with E-state index in [1.807, 2.05) is 13.8 Å². The van der Waals surface area contributed by atoms with Crippen molar-refractivity contribution in [3.63, 3.8) is 0 Å². The summed E-state index contributed by atoms with van der Waals surface area (Å²) in [4.78, 5) is 27.0. The van der Waals surface area contributed by atoms with Gasteiger partial charge in [0.2, 0.25) is 5.88 Å². The van der Waals surface area contributed by atoms with Crippen LogP contribution in [0.5, 0.6) is 0 Å². The summed E-state index contributed by atoms with van der Waals surface area (Å²) in [5, 5.41) is 6.11. The first-order chi connectivity index (χ1) is 12.1. The first kappa shape index (κ1) is 19.4. The number of carbonyl (C=O) groups excluding carboxylic acids is 2. The predicted octanol–water partition coefficient (Wildman–Crippen LogP) is 3.32. The normalized spacial score (nSPS) is 11.5. The van der Waals surface area contributed by atoms with Crippen LogP contribution in [-0.4, -0.2) is 28.6 Å². The minimum atomic E-state index is -4.61. The lowest BCUT2D eigenvalue weighted by Crippen LogP contribution is -2.21. The minimum absolute atomic E-state index is 0.0992. The van der Waals surface area contributed by atoms with Crippen LogP contribution in [0.2, 0.25) is 0 Å². The van der Waals surface area contributed by atoms with E-state index in [4.69, 9.17) is 9.26 Å². The first-order valence-corrected chi connectivity index (χ1v) is 7.56. The molecule has 0 unspecified atom stereocenters. The van der Waals surface area contributed by atoms with Crippen LogP contribution in [-0.2, 0) is 15.7 Å². The van der Waals surface area contributed by atoms with Gasteiger partial charge in [-0.15, -0.1) is 0 Å². The average molecular weight is 371 g/mol. The van der Waals surface area contributed by atoms with E-state index in [2.05, 4.69) is 15.5 Å². The van der Waals surface area contributed by atoms with E-state index in [9.17, 15) is 22.8 Å². The Morgan fingerprint density at radius 1 is 1.31 bits per heavy atom. The van der Waals surface area contributed by atoms with E-state index >= 15 is 0 Å². The van der Waals surface area contributed by atoms with Gasteiger partial charge in [-0.25, -0.2) is 9.78 Å². The second kappa shape index (κ2) is 7.54. The van der Waals surface area contributed by atoms with Crippen molar-refractivity contribution in [2.75, 3.05) is 11.9 Å². The van der Waals surface area contributed by atoms with Crippen molar-refractivity contribution in [2.45, 2.75) is 32.9 Å². The van der Waals surface area contributed by atoms with Crippen molar-refractivity contribution in [1.29, 1.82) is 0 Å². The molecule has 0 saturated heterocycles. The number of carbonyl (C=O) groups is 2. The number of hydrogen-bond acceptors (Lipinski definition) is 6. The molecule has 1 amide bonds. The molecule has 1 N–H and O–H groups in total. The number of esters is 1. The molecule has 7 nitrogen and oxygen atoms in total. The molecule has 0 saturated carbocycles. The molecule has 0 aliphatic carbocycles. The molecule has 10 heteroatoms. The highest BCUT2D eigenvalue weighted by molar-refractivity contribution is 5.95. The van der Waals surface area contributed by atoms with Gasteiger partial charge in [0.25, 0.3) is 5.91 Å². The van der Waals surface area contributed by atoms with Gasteiger partial charge in [0.05, 0.1) is 17.0 Å². The quantitative estimate of drug-likeness (QED) is 0.811. The Morgan fingerprint density at radius 2 is 2.00 bits per heavy atom. The van der Waals surface area contributed by atoms with Gasteiger partial charge in [0.15, 0.2) is 6.61 Å². The van der Waals surface area contributed by atoms with Gasteiger partial charge in [-0.1, -0.05) is 19.0 Å². The van der Waals surface area contributed by atoms with Crippen LogP contribution in [0.15, 0.2) is 22.7 Å². The predicted molar refractivity (Wildman–Crippen MR) is 83.5 cm³/mol.